The highest BCUT2D eigenvalue weighted by molar-refractivity contribution is 7.99. The first kappa shape index (κ1) is 19.1. The number of methoxy groups -OCH3 is 1. The number of benzene rings is 2. The summed E-state index contributed by atoms with van der Waals surface area (Å²) in [5, 5.41) is 12.0. The van der Waals surface area contributed by atoms with Gasteiger partial charge in [0.25, 0.3) is 0 Å². The Kier molecular flexibility index (Phi) is 7.01. The van der Waals surface area contributed by atoms with Crippen molar-refractivity contribution >= 4 is 17.7 Å². The molecule has 140 valence electrons. The van der Waals surface area contributed by atoms with Crippen LogP contribution < -0.4 is 5.32 Å². The number of nitrogens with one attached hydrogen (secondary N) is 1. The molecule has 3 rings (SSSR count). The third-order valence-corrected chi connectivity index (χ3v) is 4.83. The quantitative estimate of drug-likeness (QED) is 0.577. The molecule has 7 heteroatoms. The summed E-state index contributed by atoms with van der Waals surface area (Å²) in [7, 11) is 1.62. The Morgan fingerprint density at radius 1 is 1.07 bits per heavy atom. The van der Waals surface area contributed by atoms with Crippen molar-refractivity contribution in [2.24, 2.45) is 0 Å². The van der Waals surface area contributed by atoms with Gasteiger partial charge in [0.2, 0.25) is 5.91 Å². The highest BCUT2D eigenvalue weighted by atomic mass is 32.2. The Hall–Kier alpha value is -2.64. The van der Waals surface area contributed by atoms with E-state index in [1.807, 2.05) is 53.1 Å². The molecule has 2 aromatic carbocycles. The molecule has 3 aromatic rings. The third kappa shape index (κ3) is 5.42. The van der Waals surface area contributed by atoms with E-state index in [0.717, 1.165) is 12.1 Å². The van der Waals surface area contributed by atoms with E-state index < -0.39 is 0 Å². The van der Waals surface area contributed by atoms with Gasteiger partial charge < -0.3 is 10.1 Å². The van der Waals surface area contributed by atoms with Crippen molar-refractivity contribution in [2.45, 2.75) is 18.2 Å². The molecule has 6 nitrogen and oxygen atoms in total. The molecule has 0 aliphatic rings. The van der Waals surface area contributed by atoms with Crippen LogP contribution in [0.3, 0.4) is 0 Å². The van der Waals surface area contributed by atoms with E-state index in [1.165, 1.54) is 17.3 Å². The predicted molar refractivity (Wildman–Crippen MR) is 106 cm³/mol. The molecule has 0 atom stereocenters. The molecule has 0 fully saturated rings. The van der Waals surface area contributed by atoms with Gasteiger partial charge in [-0.25, -0.2) is 0 Å². The average Bonchev–Trinajstić information content (AvgIpc) is 3.11. The number of thioether (sulfide) groups is 1. The van der Waals surface area contributed by atoms with E-state index in [9.17, 15) is 4.79 Å². The van der Waals surface area contributed by atoms with Crippen molar-refractivity contribution in [3.8, 4) is 5.69 Å². The standard InChI is InChI=1S/C20H22N4O2S/c1-26-14-18-22-23-20(24(18)17-10-6-3-7-11-17)27-15-19(25)21-13-12-16-8-4-2-5-9-16/h2-11H,12-15H2,1H3,(H,21,25). The molecule has 27 heavy (non-hydrogen) atoms. The van der Waals surface area contributed by atoms with Gasteiger partial charge in [-0.05, 0) is 24.1 Å². The van der Waals surface area contributed by atoms with Gasteiger partial charge in [-0.15, -0.1) is 10.2 Å². The number of para-hydroxylation sites is 1. The summed E-state index contributed by atoms with van der Waals surface area (Å²) in [6.07, 6.45) is 0.815. The van der Waals surface area contributed by atoms with Crippen LogP contribution in [0.25, 0.3) is 5.69 Å². The monoisotopic (exact) mass is 382 g/mol. The van der Waals surface area contributed by atoms with Gasteiger partial charge in [-0.3, -0.25) is 9.36 Å². The second kappa shape index (κ2) is 9.89. The molecular formula is C20H22N4O2S. The van der Waals surface area contributed by atoms with Crippen molar-refractivity contribution in [2.75, 3.05) is 19.4 Å². The molecule has 0 bridgehead atoms. The lowest BCUT2D eigenvalue weighted by Crippen LogP contribution is -2.27. The Morgan fingerprint density at radius 2 is 1.78 bits per heavy atom. The molecule has 0 aliphatic carbocycles. The largest absolute Gasteiger partial charge is 0.377 e. The predicted octanol–water partition coefficient (Wildman–Crippen LogP) is 2.86. The van der Waals surface area contributed by atoms with Crippen LogP contribution in [0.5, 0.6) is 0 Å². The Bertz CT molecular complexity index is 853. The van der Waals surface area contributed by atoms with Crippen molar-refractivity contribution < 1.29 is 9.53 Å². The first-order chi connectivity index (χ1) is 13.3. The lowest BCUT2D eigenvalue weighted by molar-refractivity contribution is -0.118. The van der Waals surface area contributed by atoms with Gasteiger partial charge in [0.05, 0.1) is 5.75 Å². The molecule has 0 spiro atoms. The molecule has 0 saturated carbocycles. The molecular weight excluding hydrogens is 360 g/mol. The van der Waals surface area contributed by atoms with E-state index in [2.05, 4.69) is 27.6 Å². The van der Waals surface area contributed by atoms with E-state index in [0.29, 0.717) is 24.1 Å². The minimum Gasteiger partial charge on any atom is -0.377 e. The smallest absolute Gasteiger partial charge is 0.230 e. The fourth-order valence-corrected chi connectivity index (χ4v) is 3.43. The van der Waals surface area contributed by atoms with Crippen LogP contribution in [0, 0.1) is 0 Å². The first-order valence-corrected chi connectivity index (χ1v) is 9.68. The zero-order valence-corrected chi connectivity index (χ0v) is 16.0. The summed E-state index contributed by atoms with van der Waals surface area (Å²) >= 11 is 1.36. The molecule has 1 amide bonds. The Balaban J connectivity index is 1.58. The van der Waals surface area contributed by atoms with Crippen molar-refractivity contribution in [3.05, 3.63) is 72.1 Å². The molecule has 0 aliphatic heterocycles. The molecule has 0 unspecified atom stereocenters. The summed E-state index contributed by atoms with van der Waals surface area (Å²) in [6.45, 7) is 0.968. The fraction of sp³-hybridized carbons (Fsp3) is 0.250. The van der Waals surface area contributed by atoms with Crippen molar-refractivity contribution in [3.63, 3.8) is 0 Å². The van der Waals surface area contributed by atoms with E-state index >= 15 is 0 Å². The van der Waals surface area contributed by atoms with Crippen LogP contribution in [0.15, 0.2) is 65.8 Å². The second-order valence-electron chi connectivity index (χ2n) is 5.88. The van der Waals surface area contributed by atoms with Crippen LogP contribution in [0.4, 0.5) is 0 Å². The number of rotatable bonds is 9. The third-order valence-electron chi connectivity index (χ3n) is 3.90. The molecule has 1 aromatic heterocycles. The summed E-state index contributed by atoms with van der Waals surface area (Å²) in [4.78, 5) is 12.2. The van der Waals surface area contributed by atoms with Crippen LogP contribution >= 0.6 is 11.8 Å². The highest BCUT2D eigenvalue weighted by Crippen LogP contribution is 2.22. The number of ether oxygens (including phenoxy) is 1. The molecule has 0 radical (unpaired) electrons. The van der Waals surface area contributed by atoms with E-state index in [4.69, 9.17) is 4.74 Å². The number of nitrogens with zero attached hydrogens (tertiary/aromatic N) is 3. The van der Waals surface area contributed by atoms with Gasteiger partial charge in [0.1, 0.15) is 6.61 Å². The van der Waals surface area contributed by atoms with Gasteiger partial charge in [-0.1, -0.05) is 60.3 Å². The minimum atomic E-state index is -0.0214. The Morgan fingerprint density at radius 3 is 2.48 bits per heavy atom. The molecule has 1 N–H and O–H groups in total. The van der Waals surface area contributed by atoms with Gasteiger partial charge in [0.15, 0.2) is 11.0 Å². The summed E-state index contributed by atoms with van der Waals surface area (Å²) in [5.41, 5.74) is 2.15. The zero-order chi connectivity index (χ0) is 18.9. The van der Waals surface area contributed by atoms with Crippen LogP contribution in [0.1, 0.15) is 11.4 Å². The summed E-state index contributed by atoms with van der Waals surface area (Å²) < 4.78 is 7.13. The van der Waals surface area contributed by atoms with Crippen LogP contribution in [-0.4, -0.2) is 40.1 Å². The van der Waals surface area contributed by atoms with Gasteiger partial charge in [-0.2, -0.15) is 0 Å². The second-order valence-corrected chi connectivity index (χ2v) is 6.82. The fourth-order valence-electron chi connectivity index (χ4n) is 2.62. The summed E-state index contributed by atoms with van der Waals surface area (Å²) in [5.74, 6) is 0.967. The highest BCUT2D eigenvalue weighted by Gasteiger charge is 2.15. The number of aromatic nitrogens is 3. The number of carbonyl (C=O) groups is 1. The number of amides is 1. The maximum atomic E-state index is 12.2. The van der Waals surface area contributed by atoms with E-state index in [-0.39, 0.29) is 11.7 Å². The first-order valence-electron chi connectivity index (χ1n) is 8.70. The number of hydrogen-bond donors (Lipinski definition) is 1. The van der Waals surface area contributed by atoms with E-state index in [1.54, 1.807) is 7.11 Å². The molecule has 0 saturated heterocycles. The molecule has 1 heterocycles. The van der Waals surface area contributed by atoms with Crippen molar-refractivity contribution in [1.82, 2.24) is 20.1 Å². The Labute approximate surface area is 163 Å². The van der Waals surface area contributed by atoms with Crippen LogP contribution in [0.2, 0.25) is 0 Å². The van der Waals surface area contributed by atoms with Gasteiger partial charge in [0, 0.05) is 19.3 Å². The lowest BCUT2D eigenvalue weighted by atomic mass is 10.1. The zero-order valence-electron chi connectivity index (χ0n) is 15.2. The maximum absolute atomic E-state index is 12.2. The topological polar surface area (TPSA) is 69.0 Å². The number of hydrogen-bond acceptors (Lipinski definition) is 5. The lowest BCUT2D eigenvalue weighted by Gasteiger charge is -2.10. The summed E-state index contributed by atoms with van der Waals surface area (Å²) in [6, 6.07) is 19.9. The minimum absolute atomic E-state index is 0.0214. The number of carbonyl (C=O) groups excluding carboxylic acids is 1. The normalized spacial score (nSPS) is 10.7. The van der Waals surface area contributed by atoms with Crippen molar-refractivity contribution in [1.29, 1.82) is 0 Å². The van der Waals surface area contributed by atoms with Gasteiger partial charge >= 0.3 is 0 Å². The maximum Gasteiger partial charge on any atom is 0.230 e. The average molecular weight is 382 g/mol. The van der Waals surface area contributed by atoms with Crippen LogP contribution in [-0.2, 0) is 22.6 Å². The SMILES string of the molecule is COCc1nnc(SCC(=O)NCCc2ccccc2)n1-c1ccccc1.